The molecule has 0 bridgehead atoms. The van der Waals surface area contributed by atoms with E-state index in [0.29, 0.717) is 6.54 Å². The summed E-state index contributed by atoms with van der Waals surface area (Å²) in [5.41, 5.74) is 0.797. The molecule has 0 radical (unpaired) electrons. The summed E-state index contributed by atoms with van der Waals surface area (Å²) in [4.78, 5) is 3.51. The van der Waals surface area contributed by atoms with Crippen LogP contribution in [0.5, 0.6) is 0 Å². The highest BCUT2D eigenvalue weighted by Gasteiger charge is 1.98. The maximum Gasteiger partial charge on any atom is 0.212 e. The molecule has 0 aliphatic heterocycles. The van der Waals surface area contributed by atoms with Gasteiger partial charge in [-0.3, -0.25) is 0 Å². The Kier molecular flexibility index (Phi) is 3.64. The Morgan fingerprint density at radius 3 is 2.92 bits per heavy atom. The lowest BCUT2D eigenvalue weighted by molar-refractivity contribution is 0.129. The van der Waals surface area contributed by atoms with E-state index in [1.54, 1.807) is 13.2 Å². The van der Waals surface area contributed by atoms with E-state index in [-0.39, 0.29) is 6.10 Å². The molecule has 0 spiro atoms. The topological polar surface area (TPSA) is 34.1 Å². The van der Waals surface area contributed by atoms with Crippen LogP contribution in [0.2, 0.25) is 0 Å². The number of halogens is 1. The number of ether oxygens (including phenoxy) is 1. The molecular formula is C9H13FN2O. The first-order valence-electron chi connectivity index (χ1n) is 4.10. The number of nitrogens with one attached hydrogen (secondary N) is 1. The maximum atomic E-state index is 12.4. The van der Waals surface area contributed by atoms with Crippen LogP contribution >= 0.6 is 0 Å². The van der Waals surface area contributed by atoms with E-state index in [1.165, 1.54) is 12.3 Å². The van der Waals surface area contributed by atoms with Gasteiger partial charge in [0.2, 0.25) is 5.95 Å². The molecule has 0 aliphatic carbocycles. The number of pyridine rings is 1. The molecule has 1 aromatic rings. The van der Waals surface area contributed by atoms with Gasteiger partial charge in [-0.2, -0.15) is 4.39 Å². The lowest BCUT2D eigenvalue weighted by Gasteiger charge is -2.11. The smallest absolute Gasteiger partial charge is 0.212 e. The van der Waals surface area contributed by atoms with Crippen LogP contribution in [0.3, 0.4) is 0 Å². The van der Waals surface area contributed by atoms with Crippen LogP contribution in [-0.4, -0.2) is 24.7 Å². The van der Waals surface area contributed by atoms with E-state index < -0.39 is 5.95 Å². The molecule has 4 heteroatoms. The second-order valence-corrected chi connectivity index (χ2v) is 2.80. The molecule has 13 heavy (non-hydrogen) atoms. The highest BCUT2D eigenvalue weighted by molar-refractivity contribution is 5.39. The minimum absolute atomic E-state index is 0.130. The van der Waals surface area contributed by atoms with Crippen molar-refractivity contribution in [3.05, 3.63) is 24.3 Å². The van der Waals surface area contributed by atoms with Gasteiger partial charge in [0, 0.05) is 13.7 Å². The maximum absolute atomic E-state index is 12.4. The predicted molar refractivity (Wildman–Crippen MR) is 49.2 cm³/mol. The minimum atomic E-state index is -0.467. The number of hydrogen-bond donors (Lipinski definition) is 1. The molecule has 0 saturated carbocycles. The quantitative estimate of drug-likeness (QED) is 0.723. The summed E-state index contributed by atoms with van der Waals surface area (Å²) in [5, 5.41) is 3.07. The Labute approximate surface area is 76.9 Å². The highest BCUT2D eigenvalue weighted by atomic mass is 19.1. The van der Waals surface area contributed by atoms with Gasteiger partial charge in [0.05, 0.1) is 18.0 Å². The molecule has 1 aromatic heterocycles. The molecule has 0 amide bonds. The van der Waals surface area contributed by atoms with Crippen molar-refractivity contribution in [1.82, 2.24) is 4.98 Å². The zero-order valence-corrected chi connectivity index (χ0v) is 7.75. The molecule has 0 aliphatic rings. The number of hydrogen-bond acceptors (Lipinski definition) is 3. The second-order valence-electron chi connectivity index (χ2n) is 2.80. The van der Waals surface area contributed by atoms with Crippen molar-refractivity contribution >= 4 is 5.69 Å². The summed E-state index contributed by atoms with van der Waals surface area (Å²) < 4.78 is 17.4. The first-order chi connectivity index (χ1) is 6.22. The third-order valence-corrected chi connectivity index (χ3v) is 1.72. The molecular weight excluding hydrogens is 171 g/mol. The third-order valence-electron chi connectivity index (χ3n) is 1.72. The van der Waals surface area contributed by atoms with E-state index in [9.17, 15) is 4.39 Å². The Balaban J connectivity index is 2.41. The lowest BCUT2D eigenvalue weighted by Crippen LogP contribution is -2.18. The predicted octanol–water partition coefficient (Wildman–Crippen LogP) is 1.67. The highest BCUT2D eigenvalue weighted by Crippen LogP contribution is 2.05. The second kappa shape index (κ2) is 4.77. The van der Waals surface area contributed by atoms with Crippen LogP contribution in [-0.2, 0) is 4.74 Å². The molecule has 0 fully saturated rings. The van der Waals surface area contributed by atoms with E-state index in [2.05, 4.69) is 10.3 Å². The largest absolute Gasteiger partial charge is 0.381 e. The van der Waals surface area contributed by atoms with Crippen molar-refractivity contribution < 1.29 is 9.13 Å². The fourth-order valence-corrected chi connectivity index (χ4v) is 0.825. The van der Waals surface area contributed by atoms with Crippen molar-refractivity contribution in [3.63, 3.8) is 0 Å². The van der Waals surface area contributed by atoms with Gasteiger partial charge in [-0.1, -0.05) is 0 Å². The zero-order chi connectivity index (χ0) is 9.68. The van der Waals surface area contributed by atoms with Crippen molar-refractivity contribution in [3.8, 4) is 0 Å². The number of rotatable bonds is 4. The molecule has 0 saturated heterocycles. The number of aromatic nitrogens is 1. The van der Waals surface area contributed by atoms with Gasteiger partial charge in [0.1, 0.15) is 0 Å². The number of nitrogens with zero attached hydrogens (tertiary/aromatic N) is 1. The molecule has 72 valence electrons. The standard InChI is InChI=1S/C9H13FN2O/c1-7(13-2)5-11-8-3-4-9(10)12-6-8/h3-4,6-7,11H,5H2,1-2H3. The van der Waals surface area contributed by atoms with Gasteiger partial charge in [-0.05, 0) is 19.1 Å². The summed E-state index contributed by atoms with van der Waals surface area (Å²) >= 11 is 0. The van der Waals surface area contributed by atoms with Crippen LogP contribution in [0, 0.1) is 5.95 Å². The minimum Gasteiger partial charge on any atom is -0.381 e. The molecule has 1 atom stereocenters. The first kappa shape index (κ1) is 9.92. The Morgan fingerprint density at radius 2 is 2.38 bits per heavy atom. The van der Waals surface area contributed by atoms with E-state index >= 15 is 0 Å². The third kappa shape index (κ3) is 3.38. The molecule has 1 heterocycles. The van der Waals surface area contributed by atoms with Gasteiger partial charge < -0.3 is 10.1 Å². The summed E-state index contributed by atoms with van der Waals surface area (Å²) in [6.45, 7) is 2.63. The van der Waals surface area contributed by atoms with E-state index in [1.807, 2.05) is 6.92 Å². The molecule has 3 nitrogen and oxygen atoms in total. The molecule has 1 rings (SSSR count). The van der Waals surface area contributed by atoms with E-state index in [4.69, 9.17) is 4.74 Å². The van der Waals surface area contributed by atoms with E-state index in [0.717, 1.165) is 5.69 Å². The number of methoxy groups -OCH3 is 1. The average molecular weight is 184 g/mol. The number of anilines is 1. The summed E-state index contributed by atoms with van der Waals surface area (Å²) in [6.07, 6.45) is 1.59. The molecule has 0 aromatic carbocycles. The fraction of sp³-hybridized carbons (Fsp3) is 0.444. The van der Waals surface area contributed by atoms with Gasteiger partial charge in [-0.25, -0.2) is 4.98 Å². The normalized spacial score (nSPS) is 12.5. The summed E-state index contributed by atoms with van der Waals surface area (Å²) in [5.74, 6) is -0.467. The van der Waals surface area contributed by atoms with Crippen LogP contribution in [0.25, 0.3) is 0 Å². The van der Waals surface area contributed by atoms with Crippen molar-refractivity contribution in [2.45, 2.75) is 13.0 Å². The Hall–Kier alpha value is -1.16. The Morgan fingerprint density at radius 1 is 1.62 bits per heavy atom. The fourth-order valence-electron chi connectivity index (χ4n) is 0.825. The van der Waals surface area contributed by atoms with Gasteiger partial charge in [0.15, 0.2) is 0 Å². The summed E-state index contributed by atoms with van der Waals surface area (Å²) in [6, 6.07) is 2.96. The average Bonchev–Trinajstić information content (AvgIpc) is 2.16. The summed E-state index contributed by atoms with van der Waals surface area (Å²) in [7, 11) is 1.65. The van der Waals surface area contributed by atoms with Crippen molar-refractivity contribution in [1.29, 1.82) is 0 Å². The zero-order valence-electron chi connectivity index (χ0n) is 7.75. The van der Waals surface area contributed by atoms with Gasteiger partial charge in [0.25, 0.3) is 0 Å². The van der Waals surface area contributed by atoms with Gasteiger partial charge in [-0.15, -0.1) is 0 Å². The van der Waals surface area contributed by atoms with Crippen LogP contribution in [0.15, 0.2) is 18.3 Å². The van der Waals surface area contributed by atoms with Crippen molar-refractivity contribution in [2.24, 2.45) is 0 Å². The van der Waals surface area contributed by atoms with Crippen molar-refractivity contribution in [2.75, 3.05) is 19.0 Å². The molecule has 1 unspecified atom stereocenters. The Bertz CT molecular complexity index is 250. The van der Waals surface area contributed by atoms with Crippen LogP contribution in [0.1, 0.15) is 6.92 Å². The van der Waals surface area contributed by atoms with Crippen LogP contribution < -0.4 is 5.32 Å². The SMILES string of the molecule is COC(C)CNc1ccc(F)nc1. The molecule has 1 N–H and O–H groups in total. The van der Waals surface area contributed by atoms with Crippen LogP contribution in [0.4, 0.5) is 10.1 Å². The monoisotopic (exact) mass is 184 g/mol. The lowest BCUT2D eigenvalue weighted by atomic mass is 10.3. The van der Waals surface area contributed by atoms with Gasteiger partial charge >= 0.3 is 0 Å². The first-order valence-corrected chi connectivity index (χ1v) is 4.10.